The lowest BCUT2D eigenvalue weighted by Crippen LogP contribution is -2.43. The zero-order valence-corrected chi connectivity index (χ0v) is 14.3. The van der Waals surface area contributed by atoms with Gasteiger partial charge in [0.1, 0.15) is 5.75 Å². The van der Waals surface area contributed by atoms with Crippen LogP contribution in [0.2, 0.25) is 0 Å². The number of benzene rings is 1. The zero-order chi connectivity index (χ0) is 16.0. The van der Waals surface area contributed by atoms with Crippen molar-refractivity contribution in [1.82, 2.24) is 4.90 Å². The average Bonchev–Trinajstić information content (AvgIpc) is 2.50. The predicted molar refractivity (Wildman–Crippen MR) is 91.3 cm³/mol. The van der Waals surface area contributed by atoms with E-state index in [1.54, 1.807) is 0 Å². The second-order valence-electron chi connectivity index (χ2n) is 6.86. The molecule has 1 N–H and O–H groups in total. The number of nitrogens with zero attached hydrogens (tertiary/aromatic N) is 1. The Kier molecular flexibility index (Phi) is 6.27. The molecule has 2 rings (SSSR count). The van der Waals surface area contributed by atoms with E-state index in [1.807, 2.05) is 18.2 Å². The first-order chi connectivity index (χ1) is 10.6. The van der Waals surface area contributed by atoms with E-state index in [9.17, 15) is 5.11 Å². The summed E-state index contributed by atoms with van der Waals surface area (Å²) in [5.41, 5.74) is 0.306. The molecule has 3 nitrogen and oxygen atoms in total. The van der Waals surface area contributed by atoms with Crippen LogP contribution in [0.1, 0.15) is 51.0 Å². The minimum absolute atomic E-state index is 0.294. The molecule has 0 spiro atoms. The van der Waals surface area contributed by atoms with E-state index in [1.165, 1.54) is 6.42 Å². The molecule has 22 heavy (non-hydrogen) atoms. The van der Waals surface area contributed by atoms with E-state index < -0.39 is 5.60 Å². The lowest BCUT2D eigenvalue weighted by Gasteiger charge is -2.41. The maximum Gasteiger partial charge on any atom is 0.119 e. The Morgan fingerprint density at radius 2 is 2.14 bits per heavy atom. The van der Waals surface area contributed by atoms with Gasteiger partial charge in [-0.3, -0.25) is 0 Å². The quantitative estimate of drug-likeness (QED) is 0.778. The first-order valence-corrected chi connectivity index (χ1v) is 8.66. The summed E-state index contributed by atoms with van der Waals surface area (Å²) in [4.78, 5) is 2.18. The number of ether oxygens (including phenoxy) is 1. The highest BCUT2D eigenvalue weighted by atomic mass is 16.5. The Labute approximate surface area is 135 Å². The smallest absolute Gasteiger partial charge is 0.119 e. The van der Waals surface area contributed by atoms with Gasteiger partial charge < -0.3 is 14.7 Å². The van der Waals surface area contributed by atoms with Crippen LogP contribution < -0.4 is 4.74 Å². The van der Waals surface area contributed by atoms with Crippen molar-refractivity contribution >= 4 is 0 Å². The summed E-state index contributed by atoms with van der Waals surface area (Å²) in [5.74, 6) is 1.18. The molecule has 3 heteroatoms. The van der Waals surface area contributed by atoms with Crippen LogP contribution in [0.4, 0.5) is 0 Å². The number of rotatable bonds is 7. The first-order valence-electron chi connectivity index (χ1n) is 8.66. The van der Waals surface area contributed by atoms with Gasteiger partial charge in [0.15, 0.2) is 0 Å². The van der Waals surface area contributed by atoms with Gasteiger partial charge in [-0.15, -0.1) is 0 Å². The zero-order valence-electron chi connectivity index (χ0n) is 14.3. The van der Waals surface area contributed by atoms with E-state index in [4.69, 9.17) is 4.74 Å². The molecule has 1 saturated carbocycles. The minimum Gasteiger partial charge on any atom is -0.494 e. The molecule has 1 aromatic rings. The van der Waals surface area contributed by atoms with Crippen molar-refractivity contribution in [3.63, 3.8) is 0 Å². The molecule has 0 saturated heterocycles. The Morgan fingerprint density at radius 3 is 2.86 bits per heavy atom. The monoisotopic (exact) mass is 305 g/mol. The topological polar surface area (TPSA) is 32.7 Å². The number of unbranched alkanes of at least 4 members (excludes halogenated alkanes) is 1. The largest absolute Gasteiger partial charge is 0.494 e. The van der Waals surface area contributed by atoms with Gasteiger partial charge in [0.25, 0.3) is 0 Å². The molecule has 1 fully saturated rings. The molecule has 1 aliphatic carbocycles. The maximum atomic E-state index is 11.4. The molecular weight excluding hydrogens is 274 g/mol. The molecular formula is C19H31NO2. The van der Waals surface area contributed by atoms with Crippen LogP contribution in [0.3, 0.4) is 0 Å². The van der Waals surface area contributed by atoms with Crippen LogP contribution in [0.25, 0.3) is 0 Å². The van der Waals surface area contributed by atoms with Gasteiger partial charge in [0.05, 0.1) is 12.2 Å². The summed E-state index contributed by atoms with van der Waals surface area (Å²) in [5, 5.41) is 11.4. The van der Waals surface area contributed by atoms with Crippen LogP contribution in [-0.4, -0.2) is 37.3 Å². The van der Waals surface area contributed by atoms with Crippen molar-refractivity contribution in [3.05, 3.63) is 29.8 Å². The minimum atomic E-state index is -0.716. The fourth-order valence-electron chi connectivity index (χ4n) is 3.48. The van der Waals surface area contributed by atoms with Crippen LogP contribution >= 0.6 is 0 Å². The number of hydrogen-bond donors (Lipinski definition) is 1. The highest BCUT2D eigenvalue weighted by molar-refractivity contribution is 5.33. The summed E-state index contributed by atoms with van der Waals surface area (Å²) in [6.07, 6.45) is 6.46. The highest BCUT2D eigenvalue weighted by Crippen LogP contribution is 2.42. The fourth-order valence-corrected chi connectivity index (χ4v) is 3.48. The number of hydrogen-bond acceptors (Lipinski definition) is 3. The molecule has 2 atom stereocenters. The normalized spacial score (nSPS) is 25.4. The molecule has 0 aliphatic heterocycles. The summed E-state index contributed by atoms with van der Waals surface area (Å²) < 4.78 is 5.82. The van der Waals surface area contributed by atoms with Gasteiger partial charge in [-0.1, -0.05) is 38.3 Å². The van der Waals surface area contributed by atoms with Crippen molar-refractivity contribution in [2.45, 2.75) is 51.0 Å². The van der Waals surface area contributed by atoms with E-state index in [0.29, 0.717) is 5.92 Å². The molecule has 0 radical (unpaired) electrons. The Hall–Kier alpha value is -1.06. The van der Waals surface area contributed by atoms with E-state index >= 15 is 0 Å². The molecule has 124 valence electrons. The molecule has 2 unspecified atom stereocenters. The van der Waals surface area contributed by atoms with Gasteiger partial charge in [-0.05, 0) is 51.1 Å². The Bertz CT molecular complexity index is 461. The average molecular weight is 305 g/mol. The number of aliphatic hydroxyl groups is 1. The second kappa shape index (κ2) is 7.98. The predicted octanol–water partition coefficient (Wildman–Crippen LogP) is 3.80. The molecule has 0 aromatic heterocycles. The summed E-state index contributed by atoms with van der Waals surface area (Å²) >= 11 is 0. The summed E-state index contributed by atoms with van der Waals surface area (Å²) in [7, 11) is 4.17. The van der Waals surface area contributed by atoms with E-state index in [-0.39, 0.29) is 0 Å². The molecule has 0 heterocycles. The van der Waals surface area contributed by atoms with Gasteiger partial charge in [-0.2, -0.15) is 0 Å². The van der Waals surface area contributed by atoms with Gasteiger partial charge >= 0.3 is 0 Å². The van der Waals surface area contributed by atoms with Gasteiger partial charge in [0.2, 0.25) is 0 Å². The first kappa shape index (κ1) is 17.3. The van der Waals surface area contributed by atoms with Crippen molar-refractivity contribution in [2.24, 2.45) is 5.92 Å². The van der Waals surface area contributed by atoms with Crippen molar-refractivity contribution in [1.29, 1.82) is 0 Å². The van der Waals surface area contributed by atoms with Crippen molar-refractivity contribution < 1.29 is 9.84 Å². The molecule has 0 bridgehead atoms. The lowest BCUT2D eigenvalue weighted by molar-refractivity contribution is -0.0619. The van der Waals surface area contributed by atoms with Crippen LogP contribution in [0, 0.1) is 5.92 Å². The third-order valence-corrected chi connectivity index (χ3v) is 4.72. The van der Waals surface area contributed by atoms with Crippen molar-refractivity contribution in [3.8, 4) is 5.75 Å². The van der Waals surface area contributed by atoms with Crippen molar-refractivity contribution in [2.75, 3.05) is 27.2 Å². The third kappa shape index (κ3) is 4.23. The highest BCUT2D eigenvalue weighted by Gasteiger charge is 2.40. The SMILES string of the molecule is CCCCOc1cccc(C2(O)CCCCC2CN(C)C)c1. The van der Waals surface area contributed by atoms with Gasteiger partial charge in [0, 0.05) is 12.5 Å². The summed E-state index contributed by atoms with van der Waals surface area (Å²) in [6.45, 7) is 3.84. The second-order valence-corrected chi connectivity index (χ2v) is 6.86. The fraction of sp³-hybridized carbons (Fsp3) is 0.684. The standard InChI is InChI=1S/C19H31NO2/c1-4-5-13-22-18-11-8-10-16(14-18)19(21)12-7-6-9-17(19)15-20(2)3/h8,10-11,14,17,21H,4-7,9,12-13,15H2,1-3H3. The Balaban J connectivity index is 2.17. The van der Waals surface area contributed by atoms with E-state index in [0.717, 1.165) is 56.6 Å². The Morgan fingerprint density at radius 1 is 1.32 bits per heavy atom. The molecule has 1 aromatic carbocycles. The van der Waals surface area contributed by atoms with Crippen LogP contribution in [-0.2, 0) is 5.60 Å². The van der Waals surface area contributed by atoms with Crippen LogP contribution in [0.15, 0.2) is 24.3 Å². The third-order valence-electron chi connectivity index (χ3n) is 4.72. The maximum absolute atomic E-state index is 11.4. The molecule has 0 amide bonds. The van der Waals surface area contributed by atoms with E-state index in [2.05, 4.69) is 32.0 Å². The van der Waals surface area contributed by atoms with Gasteiger partial charge in [-0.25, -0.2) is 0 Å². The van der Waals surface area contributed by atoms with Crippen LogP contribution in [0.5, 0.6) is 5.75 Å². The lowest BCUT2D eigenvalue weighted by atomic mass is 9.71. The summed E-state index contributed by atoms with van der Waals surface area (Å²) in [6, 6.07) is 8.10. The molecule has 1 aliphatic rings.